The minimum Gasteiger partial charge on any atom is -0.550 e. The fraction of sp³-hybridized carbons (Fsp3) is 0.917. The highest BCUT2D eigenvalue weighted by Gasteiger charge is 1.91. The fourth-order valence-electron chi connectivity index (χ4n) is 2.57. The summed E-state index contributed by atoms with van der Waals surface area (Å²) in [6.45, 7) is 14.3. The molecule has 0 aliphatic heterocycles. The fourth-order valence-corrected chi connectivity index (χ4v) is 2.57. The average Bonchev–Trinajstić information content (AvgIpc) is 2.71. The van der Waals surface area contributed by atoms with Crippen molar-refractivity contribution in [3.63, 3.8) is 0 Å². The van der Waals surface area contributed by atoms with Gasteiger partial charge in [0.1, 0.15) is 0 Å². The van der Waals surface area contributed by atoms with Gasteiger partial charge in [0.2, 0.25) is 0 Å². The van der Waals surface area contributed by atoms with Crippen LogP contribution in [0.1, 0.15) is 118 Å². The number of nitrogens with two attached hydrogens (primary N) is 2. The van der Waals surface area contributed by atoms with Crippen LogP contribution >= 0.6 is 0 Å². The number of unbranched alkanes of at least 4 members (excludes halogenated alkanes) is 7. The number of carbonyl (C=O) groups is 2. The summed E-state index contributed by atoms with van der Waals surface area (Å²) in [5, 5.41) is 24.7. The summed E-state index contributed by atoms with van der Waals surface area (Å²) in [5.41, 5.74) is 0. The minimum absolute atomic E-state index is 0.0608. The van der Waals surface area contributed by atoms with E-state index in [2.05, 4.69) is 38.3 Å². The molecule has 0 rings (SSSR count). The minimum atomic E-state index is -1.05. The number of carboxylic acids is 2. The third-order valence-electron chi connectivity index (χ3n) is 4.56. The van der Waals surface area contributed by atoms with E-state index in [9.17, 15) is 19.8 Å². The van der Waals surface area contributed by atoms with Crippen molar-refractivity contribution in [2.45, 2.75) is 118 Å². The van der Waals surface area contributed by atoms with E-state index in [1.54, 1.807) is 0 Å². The first kappa shape index (κ1) is 33.5. The molecular formula is C24H52N2O4. The third-order valence-corrected chi connectivity index (χ3v) is 4.56. The maximum atomic E-state index is 9.92. The Balaban J connectivity index is -0.000000371. The number of carboxylic acid groups (broad SMARTS) is 2. The summed E-state index contributed by atoms with van der Waals surface area (Å²) in [6.07, 6.45) is 13.6. The number of rotatable bonds is 19. The van der Waals surface area contributed by atoms with Crippen molar-refractivity contribution in [1.29, 1.82) is 0 Å². The molecule has 0 aromatic rings. The van der Waals surface area contributed by atoms with E-state index < -0.39 is 11.9 Å². The van der Waals surface area contributed by atoms with Crippen molar-refractivity contribution >= 4 is 11.9 Å². The molecule has 6 heteroatoms. The predicted octanol–water partition coefficient (Wildman–Crippen LogP) is 1.13. The molecule has 0 atom stereocenters. The molecular weight excluding hydrogens is 380 g/mol. The lowest BCUT2D eigenvalue weighted by Crippen LogP contribution is -2.84. The van der Waals surface area contributed by atoms with Gasteiger partial charge in [-0.15, -0.1) is 0 Å². The van der Waals surface area contributed by atoms with Gasteiger partial charge in [-0.2, -0.15) is 0 Å². The number of hydrogen-bond donors (Lipinski definition) is 2. The van der Waals surface area contributed by atoms with Gasteiger partial charge in [0.25, 0.3) is 0 Å². The van der Waals surface area contributed by atoms with Gasteiger partial charge < -0.3 is 30.4 Å². The van der Waals surface area contributed by atoms with Crippen LogP contribution in [0.4, 0.5) is 0 Å². The molecule has 0 heterocycles. The lowest BCUT2D eigenvalue weighted by atomic mass is 10.1. The molecule has 0 unspecified atom stereocenters. The summed E-state index contributed by atoms with van der Waals surface area (Å²) in [7, 11) is 0. The van der Waals surface area contributed by atoms with Crippen LogP contribution < -0.4 is 20.8 Å². The zero-order valence-corrected chi connectivity index (χ0v) is 20.5. The molecule has 0 radical (unpaired) electrons. The Morgan fingerprint density at radius 1 is 0.500 bits per heavy atom. The highest BCUT2D eigenvalue weighted by molar-refractivity contribution is 5.64. The first-order valence-electron chi connectivity index (χ1n) is 12.5. The third kappa shape index (κ3) is 45.5. The summed E-state index contributed by atoms with van der Waals surface area (Å²) in [4.78, 5) is 19.8. The second-order valence-corrected chi connectivity index (χ2v) is 7.80. The molecule has 0 aliphatic carbocycles. The number of quaternary nitrogens is 2. The average molecular weight is 433 g/mol. The topological polar surface area (TPSA) is 113 Å². The van der Waals surface area contributed by atoms with E-state index >= 15 is 0 Å². The van der Waals surface area contributed by atoms with Gasteiger partial charge in [-0.05, 0) is 51.4 Å². The summed E-state index contributed by atoms with van der Waals surface area (Å²) in [5.74, 6) is -2.09. The normalized spacial score (nSPS) is 9.87. The number of aliphatic carboxylic acids is 2. The second kappa shape index (κ2) is 32.5. The molecule has 0 amide bonds. The lowest BCUT2D eigenvalue weighted by Gasteiger charge is -2.02. The molecule has 0 spiro atoms. The van der Waals surface area contributed by atoms with E-state index in [1.165, 1.54) is 77.5 Å². The van der Waals surface area contributed by atoms with Gasteiger partial charge in [-0.25, -0.2) is 0 Å². The highest BCUT2D eigenvalue weighted by atomic mass is 16.4. The van der Waals surface area contributed by atoms with Gasteiger partial charge in [-0.1, -0.05) is 66.2 Å². The Morgan fingerprint density at radius 2 is 0.767 bits per heavy atom. The van der Waals surface area contributed by atoms with Crippen LogP contribution in [-0.2, 0) is 9.59 Å². The smallest absolute Gasteiger partial charge is 0.0755 e. The molecule has 0 saturated carbocycles. The van der Waals surface area contributed by atoms with E-state index in [0.717, 1.165) is 12.8 Å². The van der Waals surface area contributed by atoms with Crippen molar-refractivity contribution in [3.8, 4) is 0 Å². The Kier molecular flexibility index (Phi) is 36.3. The monoisotopic (exact) mass is 432 g/mol. The van der Waals surface area contributed by atoms with Crippen molar-refractivity contribution in [2.75, 3.05) is 26.2 Å². The van der Waals surface area contributed by atoms with Gasteiger partial charge in [0.05, 0.1) is 26.2 Å². The molecule has 0 bridgehead atoms. The molecule has 0 aromatic heterocycles. The van der Waals surface area contributed by atoms with Crippen molar-refractivity contribution in [3.05, 3.63) is 0 Å². The molecule has 6 nitrogen and oxygen atoms in total. The molecule has 182 valence electrons. The molecule has 4 N–H and O–H groups in total. The van der Waals surface area contributed by atoms with E-state index in [0.29, 0.717) is 12.8 Å². The van der Waals surface area contributed by atoms with Crippen LogP contribution in [0.5, 0.6) is 0 Å². The first-order chi connectivity index (χ1) is 14.5. The summed E-state index contributed by atoms with van der Waals surface area (Å²) >= 11 is 0. The first-order valence-corrected chi connectivity index (χ1v) is 12.5. The van der Waals surface area contributed by atoms with Crippen LogP contribution in [-0.4, -0.2) is 38.1 Å². The highest BCUT2D eigenvalue weighted by Crippen LogP contribution is 2.04. The Bertz CT molecular complexity index is 295. The SMILES string of the molecule is CCCC[NH2+]CCCC.CCCC[NH2+]CCCC.O=C([O-])CCCCCCC(=O)[O-]. The summed E-state index contributed by atoms with van der Waals surface area (Å²) in [6, 6.07) is 0. The Hall–Kier alpha value is -1.14. The molecule has 0 fully saturated rings. The van der Waals surface area contributed by atoms with Crippen molar-refractivity contribution < 1.29 is 30.4 Å². The van der Waals surface area contributed by atoms with Gasteiger partial charge in [-0.3, -0.25) is 0 Å². The molecule has 0 aliphatic rings. The van der Waals surface area contributed by atoms with Crippen LogP contribution in [0.25, 0.3) is 0 Å². The van der Waals surface area contributed by atoms with Gasteiger partial charge in [0.15, 0.2) is 0 Å². The van der Waals surface area contributed by atoms with Crippen molar-refractivity contribution in [2.24, 2.45) is 0 Å². The molecule has 0 saturated heterocycles. The zero-order chi connectivity index (χ0) is 23.3. The van der Waals surface area contributed by atoms with E-state index in [-0.39, 0.29) is 12.8 Å². The maximum absolute atomic E-state index is 9.92. The van der Waals surface area contributed by atoms with Crippen LogP contribution in [0.2, 0.25) is 0 Å². The van der Waals surface area contributed by atoms with Gasteiger partial charge >= 0.3 is 0 Å². The van der Waals surface area contributed by atoms with Crippen LogP contribution in [0.3, 0.4) is 0 Å². The largest absolute Gasteiger partial charge is 0.550 e. The summed E-state index contributed by atoms with van der Waals surface area (Å²) < 4.78 is 0. The maximum Gasteiger partial charge on any atom is 0.0755 e. The predicted molar refractivity (Wildman–Crippen MR) is 121 cm³/mol. The molecule has 30 heavy (non-hydrogen) atoms. The Morgan fingerprint density at radius 3 is 0.967 bits per heavy atom. The van der Waals surface area contributed by atoms with Gasteiger partial charge in [0, 0.05) is 11.9 Å². The number of carbonyl (C=O) groups excluding carboxylic acids is 2. The number of hydrogen-bond acceptors (Lipinski definition) is 4. The molecule has 0 aromatic carbocycles. The zero-order valence-electron chi connectivity index (χ0n) is 20.5. The van der Waals surface area contributed by atoms with Crippen molar-refractivity contribution in [1.82, 2.24) is 0 Å². The van der Waals surface area contributed by atoms with Crippen LogP contribution in [0, 0.1) is 0 Å². The van der Waals surface area contributed by atoms with E-state index in [4.69, 9.17) is 0 Å². The Labute approximate surface area is 186 Å². The van der Waals surface area contributed by atoms with Crippen LogP contribution in [0.15, 0.2) is 0 Å². The van der Waals surface area contributed by atoms with E-state index in [1.807, 2.05) is 0 Å². The standard InChI is InChI=1S/2C8H19N.C8H14O4/c2*1-3-5-7-9-8-6-4-2;9-7(10)5-3-1-2-4-6-8(11)12/h2*9H,3-8H2,1-2H3;1-6H2,(H,9,10)(H,11,12). The lowest BCUT2D eigenvalue weighted by molar-refractivity contribution is -0.655. The second-order valence-electron chi connectivity index (χ2n) is 7.80. The quantitative estimate of drug-likeness (QED) is 0.298.